The lowest BCUT2D eigenvalue weighted by Crippen LogP contribution is -2.39. The summed E-state index contributed by atoms with van der Waals surface area (Å²) in [6.07, 6.45) is 1.03. The third-order valence-electron chi connectivity index (χ3n) is 3.32. The molecule has 0 bridgehead atoms. The molecule has 0 fully saturated rings. The van der Waals surface area contributed by atoms with E-state index in [1.165, 1.54) is 4.88 Å². The largest absolute Gasteiger partial charge is 0.508 e. The Morgan fingerprint density at radius 2 is 2.00 bits per heavy atom. The van der Waals surface area contributed by atoms with Crippen LogP contribution in [0.4, 0.5) is 0 Å². The van der Waals surface area contributed by atoms with E-state index in [1.54, 1.807) is 23.5 Å². The summed E-state index contributed by atoms with van der Waals surface area (Å²) in [4.78, 5) is 8.21. The van der Waals surface area contributed by atoms with Gasteiger partial charge in [-0.25, -0.2) is 4.99 Å². The number of guanidine groups is 1. The Kier molecular flexibility index (Phi) is 9.01. The molecule has 2 N–H and O–H groups in total. The smallest absolute Gasteiger partial charge is 0.193 e. The van der Waals surface area contributed by atoms with Crippen molar-refractivity contribution in [3.63, 3.8) is 0 Å². The van der Waals surface area contributed by atoms with Gasteiger partial charge in [0.2, 0.25) is 0 Å². The Morgan fingerprint density at radius 3 is 2.61 bits per heavy atom. The lowest BCUT2D eigenvalue weighted by Gasteiger charge is -2.21. The number of thiophene rings is 1. The first-order chi connectivity index (χ1) is 10.7. The zero-order chi connectivity index (χ0) is 15.8. The van der Waals surface area contributed by atoms with E-state index >= 15 is 0 Å². The molecule has 1 aromatic heterocycles. The SMILES string of the molecule is CCNC(=NCc1ccc(O)cc1)N(C)CCc1cccs1.I. The average Bonchev–Trinajstić information content (AvgIpc) is 3.04. The Bertz CT molecular complexity index is 584. The van der Waals surface area contributed by atoms with Crippen molar-refractivity contribution < 1.29 is 5.11 Å². The Morgan fingerprint density at radius 1 is 1.26 bits per heavy atom. The van der Waals surface area contributed by atoms with Crippen molar-refractivity contribution in [2.24, 2.45) is 4.99 Å². The van der Waals surface area contributed by atoms with Crippen molar-refractivity contribution in [2.45, 2.75) is 19.9 Å². The van der Waals surface area contributed by atoms with Crippen molar-refractivity contribution in [3.8, 4) is 5.75 Å². The molecule has 0 amide bonds. The van der Waals surface area contributed by atoms with Gasteiger partial charge in [0.1, 0.15) is 5.75 Å². The number of phenolic OH excluding ortho intramolecular Hbond substituents is 1. The van der Waals surface area contributed by atoms with E-state index in [4.69, 9.17) is 0 Å². The molecule has 0 aliphatic rings. The molecule has 0 radical (unpaired) electrons. The molecule has 1 heterocycles. The van der Waals surface area contributed by atoms with E-state index in [0.29, 0.717) is 6.54 Å². The summed E-state index contributed by atoms with van der Waals surface area (Å²) < 4.78 is 0. The fourth-order valence-corrected chi connectivity index (χ4v) is 2.77. The van der Waals surface area contributed by atoms with Crippen LogP contribution in [0, 0.1) is 0 Å². The number of likely N-dealkylation sites (N-methyl/N-ethyl adjacent to an activating group) is 1. The first-order valence-electron chi connectivity index (χ1n) is 7.48. The molecule has 0 aliphatic carbocycles. The summed E-state index contributed by atoms with van der Waals surface area (Å²) >= 11 is 1.79. The number of hydrogen-bond donors (Lipinski definition) is 2. The van der Waals surface area contributed by atoms with Gasteiger partial charge in [0.15, 0.2) is 5.96 Å². The van der Waals surface area contributed by atoms with Crippen LogP contribution < -0.4 is 5.32 Å². The fraction of sp³-hybridized carbons (Fsp3) is 0.353. The van der Waals surface area contributed by atoms with Gasteiger partial charge in [0.05, 0.1) is 6.54 Å². The Hall–Kier alpha value is -1.28. The van der Waals surface area contributed by atoms with Crippen LogP contribution in [-0.2, 0) is 13.0 Å². The molecule has 0 saturated heterocycles. The van der Waals surface area contributed by atoms with Gasteiger partial charge in [0.25, 0.3) is 0 Å². The van der Waals surface area contributed by atoms with Crippen LogP contribution in [0.15, 0.2) is 46.8 Å². The maximum absolute atomic E-state index is 9.31. The van der Waals surface area contributed by atoms with Crippen molar-refractivity contribution in [1.29, 1.82) is 0 Å². The number of phenols is 1. The first kappa shape index (κ1) is 19.8. The van der Waals surface area contributed by atoms with Crippen LogP contribution in [-0.4, -0.2) is 36.1 Å². The molecule has 0 atom stereocenters. The van der Waals surface area contributed by atoms with Crippen LogP contribution in [0.1, 0.15) is 17.4 Å². The van der Waals surface area contributed by atoms with Gasteiger partial charge < -0.3 is 15.3 Å². The summed E-state index contributed by atoms with van der Waals surface area (Å²) in [5, 5.41) is 14.7. The Labute approximate surface area is 159 Å². The number of aliphatic imine (C=N–C) groups is 1. The van der Waals surface area contributed by atoms with Crippen LogP contribution >= 0.6 is 35.3 Å². The normalized spacial score (nSPS) is 11.0. The highest BCUT2D eigenvalue weighted by molar-refractivity contribution is 14.0. The Balaban J connectivity index is 0.00000264. The highest BCUT2D eigenvalue weighted by atomic mass is 127. The molecule has 6 heteroatoms. The second kappa shape index (κ2) is 10.5. The summed E-state index contributed by atoms with van der Waals surface area (Å²) in [5.74, 6) is 1.19. The van der Waals surface area contributed by atoms with E-state index in [-0.39, 0.29) is 29.7 Å². The van der Waals surface area contributed by atoms with E-state index in [2.05, 4.69) is 46.7 Å². The highest BCUT2D eigenvalue weighted by Gasteiger charge is 2.06. The van der Waals surface area contributed by atoms with Crippen molar-refractivity contribution in [2.75, 3.05) is 20.1 Å². The highest BCUT2D eigenvalue weighted by Crippen LogP contribution is 2.11. The number of aromatic hydroxyl groups is 1. The van der Waals surface area contributed by atoms with Gasteiger partial charge in [-0.05, 0) is 42.5 Å². The van der Waals surface area contributed by atoms with E-state index < -0.39 is 0 Å². The molecule has 2 rings (SSSR count). The molecule has 4 nitrogen and oxygen atoms in total. The minimum Gasteiger partial charge on any atom is -0.508 e. The maximum Gasteiger partial charge on any atom is 0.193 e. The predicted octanol–water partition coefficient (Wildman–Crippen LogP) is 3.71. The quantitative estimate of drug-likeness (QED) is 0.405. The van der Waals surface area contributed by atoms with Crippen LogP contribution in [0.2, 0.25) is 0 Å². The van der Waals surface area contributed by atoms with E-state index in [0.717, 1.165) is 31.0 Å². The van der Waals surface area contributed by atoms with Gasteiger partial charge in [-0.1, -0.05) is 18.2 Å². The third-order valence-corrected chi connectivity index (χ3v) is 4.25. The summed E-state index contributed by atoms with van der Waals surface area (Å²) in [6, 6.07) is 11.4. The van der Waals surface area contributed by atoms with Gasteiger partial charge in [-0.2, -0.15) is 0 Å². The minimum atomic E-state index is 0. The van der Waals surface area contributed by atoms with Gasteiger partial charge >= 0.3 is 0 Å². The van der Waals surface area contributed by atoms with Gasteiger partial charge in [-0.3, -0.25) is 0 Å². The van der Waals surface area contributed by atoms with Crippen molar-refractivity contribution in [3.05, 3.63) is 52.2 Å². The van der Waals surface area contributed by atoms with Crippen LogP contribution in [0.25, 0.3) is 0 Å². The molecule has 0 saturated carbocycles. The second-order valence-electron chi connectivity index (χ2n) is 5.09. The predicted molar refractivity (Wildman–Crippen MR) is 109 cm³/mol. The zero-order valence-corrected chi connectivity index (χ0v) is 16.7. The number of benzene rings is 1. The van der Waals surface area contributed by atoms with Crippen LogP contribution in [0.3, 0.4) is 0 Å². The van der Waals surface area contributed by atoms with E-state index in [1.807, 2.05) is 12.1 Å². The molecular weight excluding hydrogens is 421 g/mol. The number of hydrogen-bond acceptors (Lipinski definition) is 3. The molecular formula is C17H24IN3OS. The molecule has 1 aromatic carbocycles. The summed E-state index contributed by atoms with van der Waals surface area (Å²) in [6.45, 7) is 4.45. The molecule has 2 aromatic rings. The first-order valence-corrected chi connectivity index (χ1v) is 8.36. The monoisotopic (exact) mass is 445 g/mol. The number of nitrogens with zero attached hydrogens (tertiary/aromatic N) is 2. The summed E-state index contributed by atoms with van der Waals surface area (Å²) in [5.41, 5.74) is 1.08. The maximum atomic E-state index is 9.31. The number of halogens is 1. The van der Waals surface area contributed by atoms with Crippen LogP contribution in [0.5, 0.6) is 5.75 Å². The molecule has 23 heavy (non-hydrogen) atoms. The second-order valence-corrected chi connectivity index (χ2v) is 6.12. The molecule has 0 spiro atoms. The number of rotatable bonds is 6. The fourth-order valence-electron chi connectivity index (χ4n) is 2.08. The van der Waals surface area contributed by atoms with Gasteiger partial charge in [0, 0.05) is 25.0 Å². The summed E-state index contributed by atoms with van der Waals surface area (Å²) in [7, 11) is 2.06. The minimum absolute atomic E-state index is 0. The molecule has 0 unspecified atom stereocenters. The molecule has 0 aliphatic heterocycles. The average molecular weight is 445 g/mol. The van der Waals surface area contributed by atoms with Crippen molar-refractivity contribution in [1.82, 2.24) is 10.2 Å². The lowest BCUT2D eigenvalue weighted by atomic mass is 10.2. The third kappa shape index (κ3) is 6.78. The zero-order valence-electron chi connectivity index (χ0n) is 13.5. The molecule has 126 valence electrons. The lowest BCUT2D eigenvalue weighted by molar-refractivity contribution is 0.475. The standard InChI is InChI=1S/C17H23N3OS.HI/c1-3-18-17(19-13-14-6-8-15(21)9-7-14)20(2)11-10-16-5-4-12-22-16;/h4-9,12,21H,3,10-11,13H2,1-2H3,(H,18,19);1H. The van der Waals surface area contributed by atoms with E-state index in [9.17, 15) is 5.11 Å². The van der Waals surface area contributed by atoms with Gasteiger partial charge in [-0.15, -0.1) is 35.3 Å². The van der Waals surface area contributed by atoms with Crippen molar-refractivity contribution >= 4 is 41.3 Å². The topological polar surface area (TPSA) is 47.9 Å². The number of nitrogens with one attached hydrogen (secondary N) is 1.